The number of hydrogen-bond acceptors (Lipinski definition) is 8. The molecule has 0 fully saturated rings. The average molecular weight is 359 g/mol. The summed E-state index contributed by atoms with van der Waals surface area (Å²) in [4.78, 5) is 14.5. The summed E-state index contributed by atoms with van der Waals surface area (Å²) in [5.41, 5.74) is 7.19. The molecule has 0 saturated heterocycles. The quantitative estimate of drug-likeness (QED) is 0.682. The molecule has 0 aliphatic heterocycles. The summed E-state index contributed by atoms with van der Waals surface area (Å²) in [5.74, 6) is 1.18. The van der Waals surface area contributed by atoms with E-state index in [9.17, 15) is 0 Å². The Hall–Kier alpha value is -3.91. The van der Waals surface area contributed by atoms with Gasteiger partial charge in [0.2, 0.25) is 5.88 Å². The number of nitriles is 2. The summed E-state index contributed by atoms with van der Waals surface area (Å²) in [5, 5.41) is 18.7. The number of fused-ring (bicyclic) bond motifs is 1. The van der Waals surface area contributed by atoms with Gasteiger partial charge in [-0.3, -0.25) is 4.98 Å². The minimum Gasteiger partial charge on any atom is -0.435 e. The van der Waals surface area contributed by atoms with Crippen molar-refractivity contribution in [2.24, 2.45) is 0 Å². The van der Waals surface area contributed by atoms with E-state index in [0.29, 0.717) is 30.2 Å². The molecule has 0 atom stereocenters. The van der Waals surface area contributed by atoms with Gasteiger partial charge in [-0.15, -0.1) is 0 Å². The Kier molecular flexibility index (Phi) is 5.60. The molecule has 0 aliphatic carbocycles. The Balaban J connectivity index is 1.94. The fraction of sp³-hybridized carbons (Fsp3) is 0.211. The van der Waals surface area contributed by atoms with Gasteiger partial charge in [0.15, 0.2) is 11.6 Å². The second kappa shape index (κ2) is 8.45. The van der Waals surface area contributed by atoms with Crippen LogP contribution < -0.4 is 15.4 Å². The van der Waals surface area contributed by atoms with Crippen LogP contribution in [0.2, 0.25) is 0 Å². The molecule has 0 radical (unpaired) electrons. The molecule has 3 aromatic rings. The minimum absolute atomic E-state index is 0.206. The molecule has 0 unspecified atom stereocenters. The first-order valence-corrected chi connectivity index (χ1v) is 8.35. The molecule has 0 aliphatic rings. The number of nitrogen functional groups attached to an aromatic ring is 1. The van der Waals surface area contributed by atoms with Crippen molar-refractivity contribution in [2.45, 2.75) is 12.8 Å². The fourth-order valence-electron chi connectivity index (χ4n) is 2.66. The van der Waals surface area contributed by atoms with Crippen LogP contribution in [0.1, 0.15) is 12.8 Å². The summed E-state index contributed by atoms with van der Waals surface area (Å²) in [6.45, 7) is 0.823. The molecule has 2 aromatic heterocycles. The van der Waals surface area contributed by atoms with Crippen LogP contribution >= 0.6 is 0 Å². The Morgan fingerprint density at radius 3 is 2.48 bits per heavy atom. The molecule has 134 valence electrons. The highest BCUT2D eigenvalue weighted by Crippen LogP contribution is 2.34. The third kappa shape index (κ3) is 4.02. The van der Waals surface area contributed by atoms with Crippen molar-refractivity contribution in [1.29, 1.82) is 10.5 Å². The summed E-state index contributed by atoms with van der Waals surface area (Å²) in [7, 11) is 0. The molecule has 0 spiro atoms. The molecule has 8 nitrogen and oxygen atoms in total. The first kappa shape index (κ1) is 17.9. The van der Waals surface area contributed by atoms with Crippen LogP contribution in [0.5, 0.6) is 11.6 Å². The number of nitrogens with zero attached hydrogens (tertiary/aromatic N) is 6. The predicted molar refractivity (Wildman–Crippen MR) is 101 cm³/mol. The zero-order valence-corrected chi connectivity index (χ0v) is 14.5. The Morgan fingerprint density at radius 1 is 1.00 bits per heavy atom. The molecule has 8 heteroatoms. The number of anilines is 2. The van der Waals surface area contributed by atoms with Crippen molar-refractivity contribution in [3.8, 4) is 23.8 Å². The summed E-state index contributed by atoms with van der Waals surface area (Å²) in [6, 6.07) is 13.6. The van der Waals surface area contributed by atoms with Gasteiger partial charge in [0.25, 0.3) is 0 Å². The van der Waals surface area contributed by atoms with Gasteiger partial charge in [-0.05, 0) is 12.1 Å². The molecular weight excluding hydrogens is 342 g/mol. The van der Waals surface area contributed by atoms with Gasteiger partial charge >= 0.3 is 0 Å². The number of rotatable bonds is 7. The van der Waals surface area contributed by atoms with E-state index in [0.717, 1.165) is 5.39 Å². The summed E-state index contributed by atoms with van der Waals surface area (Å²) in [6.07, 6.45) is 3.62. The van der Waals surface area contributed by atoms with E-state index in [4.69, 9.17) is 21.0 Å². The maximum absolute atomic E-state index is 8.87. The van der Waals surface area contributed by atoms with Crippen molar-refractivity contribution in [3.63, 3.8) is 0 Å². The molecule has 2 N–H and O–H groups in total. The number of ether oxygens (including phenoxy) is 1. The number of pyridine rings is 1. The summed E-state index contributed by atoms with van der Waals surface area (Å²) < 4.78 is 5.93. The van der Waals surface area contributed by atoms with Gasteiger partial charge in [-0.25, -0.2) is 4.98 Å². The highest BCUT2D eigenvalue weighted by atomic mass is 16.5. The highest BCUT2D eigenvalue weighted by molar-refractivity contribution is 5.84. The zero-order valence-electron chi connectivity index (χ0n) is 14.5. The minimum atomic E-state index is 0.206. The van der Waals surface area contributed by atoms with E-state index >= 15 is 0 Å². The van der Waals surface area contributed by atoms with Crippen LogP contribution in [-0.2, 0) is 0 Å². The van der Waals surface area contributed by atoms with Gasteiger partial charge in [-0.2, -0.15) is 15.5 Å². The van der Waals surface area contributed by atoms with Crippen molar-refractivity contribution in [1.82, 2.24) is 15.0 Å². The maximum atomic E-state index is 8.87. The molecular formula is C19H17N7O. The number of aromatic nitrogens is 3. The van der Waals surface area contributed by atoms with Crippen molar-refractivity contribution >= 4 is 22.4 Å². The monoisotopic (exact) mass is 359 g/mol. The van der Waals surface area contributed by atoms with Crippen molar-refractivity contribution in [3.05, 3.63) is 42.9 Å². The van der Waals surface area contributed by atoms with E-state index in [1.807, 2.05) is 24.3 Å². The lowest BCUT2D eigenvalue weighted by Gasteiger charge is -2.23. The van der Waals surface area contributed by atoms with E-state index < -0.39 is 0 Å². The third-order valence-electron chi connectivity index (χ3n) is 3.92. The van der Waals surface area contributed by atoms with E-state index in [2.05, 4.69) is 27.1 Å². The average Bonchev–Trinajstić information content (AvgIpc) is 2.70. The Morgan fingerprint density at radius 2 is 1.74 bits per heavy atom. The van der Waals surface area contributed by atoms with Gasteiger partial charge in [-0.1, -0.05) is 18.2 Å². The molecule has 2 heterocycles. The number of hydrogen-bond donors (Lipinski definition) is 1. The maximum Gasteiger partial charge on any atom is 0.248 e. The Bertz CT molecular complexity index is 999. The largest absolute Gasteiger partial charge is 0.435 e. The first-order valence-electron chi connectivity index (χ1n) is 8.35. The van der Waals surface area contributed by atoms with Crippen LogP contribution in [0.4, 0.5) is 11.5 Å². The van der Waals surface area contributed by atoms with Crippen LogP contribution in [0.25, 0.3) is 10.9 Å². The van der Waals surface area contributed by atoms with Crippen LogP contribution in [0.15, 0.2) is 42.9 Å². The smallest absolute Gasteiger partial charge is 0.248 e. The number of benzene rings is 1. The molecule has 0 bridgehead atoms. The van der Waals surface area contributed by atoms with E-state index in [1.54, 1.807) is 17.2 Å². The van der Waals surface area contributed by atoms with Crippen LogP contribution in [0.3, 0.4) is 0 Å². The van der Waals surface area contributed by atoms with Crippen LogP contribution in [-0.4, -0.2) is 28.0 Å². The van der Waals surface area contributed by atoms with E-state index in [1.165, 1.54) is 6.33 Å². The lowest BCUT2D eigenvalue weighted by molar-refractivity contribution is 0.468. The topological polar surface area (TPSA) is 125 Å². The second-order valence-corrected chi connectivity index (χ2v) is 5.65. The molecule has 0 saturated carbocycles. The Labute approximate surface area is 156 Å². The van der Waals surface area contributed by atoms with Crippen molar-refractivity contribution in [2.75, 3.05) is 23.7 Å². The van der Waals surface area contributed by atoms with Gasteiger partial charge < -0.3 is 15.4 Å². The third-order valence-corrected chi connectivity index (χ3v) is 3.92. The lowest BCUT2D eigenvalue weighted by Crippen LogP contribution is -2.27. The normalized spacial score (nSPS) is 10.1. The molecule has 0 amide bonds. The molecule has 3 rings (SSSR count). The number of nitrogens with two attached hydrogens (primary N) is 1. The molecule has 1 aromatic carbocycles. The first-order chi connectivity index (χ1) is 13.2. The van der Waals surface area contributed by atoms with Crippen LogP contribution in [0, 0.1) is 22.7 Å². The predicted octanol–water partition coefficient (Wildman–Crippen LogP) is 3.03. The van der Waals surface area contributed by atoms with Gasteiger partial charge in [0.05, 0.1) is 25.0 Å². The summed E-state index contributed by atoms with van der Waals surface area (Å²) >= 11 is 0. The zero-order chi connectivity index (χ0) is 19.1. The lowest BCUT2D eigenvalue weighted by atomic mass is 10.2. The number of para-hydroxylation sites is 1. The van der Waals surface area contributed by atoms with Gasteiger partial charge in [0.1, 0.15) is 17.5 Å². The van der Waals surface area contributed by atoms with Crippen molar-refractivity contribution < 1.29 is 4.74 Å². The van der Waals surface area contributed by atoms with Gasteiger partial charge in [0, 0.05) is 24.7 Å². The molecule has 27 heavy (non-hydrogen) atoms. The second-order valence-electron chi connectivity index (χ2n) is 5.65. The standard InChI is InChI=1S/C19H17N7O/c20-8-3-11-26(12-4-9-21)18-16(22)19(25-13-24-18)27-15-7-1-5-14-6-2-10-23-17(14)15/h1-2,5-7,10,13H,3-4,11-12,22H2. The van der Waals surface area contributed by atoms with E-state index in [-0.39, 0.29) is 24.4 Å². The fourth-order valence-corrected chi connectivity index (χ4v) is 2.66. The highest BCUT2D eigenvalue weighted by Gasteiger charge is 2.17. The SMILES string of the molecule is N#CCCN(CCC#N)c1ncnc(Oc2cccc3cccnc23)c1N.